The molecule has 0 aromatic heterocycles. The molecular weight excluding hydrogens is 378 g/mol. The summed E-state index contributed by atoms with van der Waals surface area (Å²) in [7, 11) is 0. The molecule has 3 aromatic carbocycles. The number of anilines is 1. The third-order valence-corrected chi connectivity index (χ3v) is 6.55. The van der Waals surface area contributed by atoms with Gasteiger partial charge in [0.2, 0.25) is 0 Å². The second kappa shape index (κ2) is 7.70. The number of allylic oxidation sites excluding steroid dienone is 1. The fourth-order valence-electron chi connectivity index (χ4n) is 5.18. The van der Waals surface area contributed by atoms with Crippen molar-refractivity contribution in [3.05, 3.63) is 106 Å². The highest BCUT2D eigenvalue weighted by Crippen LogP contribution is 2.58. The highest BCUT2D eigenvalue weighted by Gasteiger charge is 2.48. The summed E-state index contributed by atoms with van der Waals surface area (Å²) in [5.41, 5.74) is 8.00. The van der Waals surface area contributed by atoms with Crippen LogP contribution in [0.3, 0.4) is 0 Å². The van der Waals surface area contributed by atoms with Crippen LogP contribution in [0.25, 0.3) is 5.57 Å². The minimum absolute atomic E-state index is 0.207. The maximum absolute atomic E-state index is 9.58. The third-order valence-electron chi connectivity index (χ3n) is 6.30. The van der Waals surface area contributed by atoms with E-state index < -0.39 is 0 Å². The van der Waals surface area contributed by atoms with Gasteiger partial charge in [-0.05, 0) is 53.3 Å². The molecule has 0 saturated heterocycles. The highest BCUT2D eigenvalue weighted by atomic mass is 35.5. The molecule has 3 atom stereocenters. The van der Waals surface area contributed by atoms with Crippen LogP contribution in [0.4, 0.5) is 5.69 Å². The number of rotatable bonds is 5. The lowest BCUT2D eigenvalue weighted by Crippen LogP contribution is -2.20. The summed E-state index contributed by atoms with van der Waals surface area (Å²) in [6.45, 7) is 0.207. The maximum atomic E-state index is 9.58. The fourth-order valence-corrected chi connectivity index (χ4v) is 5.31. The Kier molecular flexibility index (Phi) is 4.91. The second-order valence-electron chi connectivity index (χ2n) is 7.90. The summed E-state index contributed by atoms with van der Waals surface area (Å²) in [6.07, 6.45) is 1.67. The molecular formula is C26H24ClNO. The van der Waals surface area contributed by atoms with Gasteiger partial charge in [-0.2, -0.15) is 0 Å². The van der Waals surface area contributed by atoms with Crippen LogP contribution in [0.5, 0.6) is 0 Å². The summed E-state index contributed by atoms with van der Waals surface area (Å²) < 4.78 is 0. The van der Waals surface area contributed by atoms with E-state index in [9.17, 15) is 5.11 Å². The Bertz CT molecular complexity index is 1040. The number of para-hydroxylation sites is 1. The van der Waals surface area contributed by atoms with Gasteiger partial charge in [-0.3, -0.25) is 0 Å². The molecule has 1 heterocycles. The SMILES string of the molecule is OCCCC1=C(c2ccccc2)C2Nc3ccccc3C2C1c1ccc(Cl)cc1. The molecule has 2 N–H and O–H groups in total. The topological polar surface area (TPSA) is 32.3 Å². The van der Waals surface area contributed by atoms with Gasteiger partial charge >= 0.3 is 0 Å². The van der Waals surface area contributed by atoms with Gasteiger partial charge in [-0.15, -0.1) is 0 Å². The number of nitrogens with one attached hydrogen (secondary N) is 1. The molecule has 3 aromatic rings. The normalized spacial score (nSPS) is 22.3. The zero-order valence-corrected chi connectivity index (χ0v) is 16.9. The number of benzene rings is 3. The second-order valence-corrected chi connectivity index (χ2v) is 8.33. The van der Waals surface area contributed by atoms with E-state index >= 15 is 0 Å². The van der Waals surface area contributed by atoms with E-state index in [1.807, 2.05) is 12.1 Å². The monoisotopic (exact) mass is 401 g/mol. The molecule has 0 spiro atoms. The Hall–Kier alpha value is -2.55. The van der Waals surface area contributed by atoms with Crippen LogP contribution in [0.2, 0.25) is 5.02 Å². The quantitative estimate of drug-likeness (QED) is 0.530. The molecule has 0 radical (unpaired) electrons. The highest BCUT2D eigenvalue weighted by molar-refractivity contribution is 6.30. The van der Waals surface area contributed by atoms with Crippen LogP contribution < -0.4 is 5.32 Å². The van der Waals surface area contributed by atoms with Gasteiger partial charge in [-0.25, -0.2) is 0 Å². The standard InChI is InChI=1S/C26H24ClNO/c27-19-14-12-18(13-15-19)23-21(10-6-16-29)24(17-7-2-1-3-8-17)26-25(23)20-9-4-5-11-22(20)28-26/h1-5,7-9,11-15,23,25-26,28-29H,6,10,16H2. The van der Waals surface area contributed by atoms with Gasteiger partial charge in [0.05, 0.1) is 6.04 Å². The van der Waals surface area contributed by atoms with E-state index in [2.05, 4.69) is 72.0 Å². The van der Waals surface area contributed by atoms with Crippen molar-refractivity contribution in [1.29, 1.82) is 0 Å². The molecule has 5 rings (SSSR count). The smallest absolute Gasteiger partial charge is 0.0597 e. The molecule has 2 aliphatic rings. The molecule has 3 unspecified atom stereocenters. The van der Waals surface area contributed by atoms with Gasteiger partial charge in [0.1, 0.15) is 0 Å². The number of fused-ring (bicyclic) bond motifs is 3. The molecule has 0 bridgehead atoms. The molecule has 0 saturated carbocycles. The zero-order chi connectivity index (χ0) is 19.8. The van der Waals surface area contributed by atoms with Crippen molar-refractivity contribution in [1.82, 2.24) is 0 Å². The largest absolute Gasteiger partial charge is 0.396 e. The van der Waals surface area contributed by atoms with E-state index in [1.165, 1.54) is 33.5 Å². The molecule has 3 heteroatoms. The molecule has 0 amide bonds. The third kappa shape index (κ3) is 3.17. The van der Waals surface area contributed by atoms with Gasteiger partial charge in [-0.1, -0.05) is 77.8 Å². The van der Waals surface area contributed by atoms with Crippen LogP contribution >= 0.6 is 11.6 Å². The van der Waals surface area contributed by atoms with Crippen molar-refractivity contribution in [2.24, 2.45) is 0 Å². The number of hydrogen-bond acceptors (Lipinski definition) is 2. The van der Waals surface area contributed by atoms with E-state index in [1.54, 1.807) is 0 Å². The lowest BCUT2D eigenvalue weighted by atomic mass is 9.79. The van der Waals surface area contributed by atoms with Crippen LogP contribution in [0, 0.1) is 0 Å². The summed E-state index contributed by atoms with van der Waals surface area (Å²) in [6, 6.07) is 27.9. The van der Waals surface area contributed by atoms with Crippen LogP contribution in [-0.2, 0) is 0 Å². The average Bonchev–Trinajstić information content (AvgIpc) is 3.27. The van der Waals surface area contributed by atoms with E-state index in [0.717, 1.165) is 17.9 Å². The Morgan fingerprint density at radius 3 is 2.34 bits per heavy atom. The minimum Gasteiger partial charge on any atom is -0.396 e. The first-order valence-electron chi connectivity index (χ1n) is 10.3. The predicted molar refractivity (Wildman–Crippen MR) is 120 cm³/mol. The van der Waals surface area contributed by atoms with Crippen molar-refractivity contribution in [2.45, 2.75) is 30.7 Å². The van der Waals surface area contributed by atoms with Gasteiger partial charge in [0.15, 0.2) is 0 Å². The lowest BCUT2D eigenvalue weighted by molar-refractivity contribution is 0.287. The Balaban J connectivity index is 1.71. The fraction of sp³-hybridized carbons (Fsp3) is 0.231. The first-order chi connectivity index (χ1) is 14.3. The Labute approximate surface area is 176 Å². The molecule has 2 nitrogen and oxygen atoms in total. The van der Waals surface area contributed by atoms with Gasteiger partial charge in [0.25, 0.3) is 0 Å². The van der Waals surface area contributed by atoms with Crippen LogP contribution in [0.15, 0.2) is 84.4 Å². The van der Waals surface area contributed by atoms with Crippen molar-refractivity contribution >= 4 is 22.9 Å². The summed E-state index contributed by atoms with van der Waals surface area (Å²) in [4.78, 5) is 0. The molecule has 29 heavy (non-hydrogen) atoms. The van der Waals surface area contributed by atoms with Crippen molar-refractivity contribution in [3.8, 4) is 0 Å². The molecule has 1 aliphatic heterocycles. The van der Waals surface area contributed by atoms with Crippen molar-refractivity contribution in [3.63, 3.8) is 0 Å². The number of halogens is 1. The van der Waals surface area contributed by atoms with Crippen LogP contribution in [0.1, 0.15) is 41.4 Å². The van der Waals surface area contributed by atoms with Crippen LogP contribution in [-0.4, -0.2) is 17.8 Å². The van der Waals surface area contributed by atoms with Crippen molar-refractivity contribution in [2.75, 3.05) is 11.9 Å². The minimum atomic E-state index is 0.207. The summed E-state index contributed by atoms with van der Waals surface area (Å²) in [5.74, 6) is 0.617. The van der Waals surface area contributed by atoms with E-state index in [-0.39, 0.29) is 18.6 Å². The van der Waals surface area contributed by atoms with Gasteiger partial charge in [0, 0.05) is 29.2 Å². The maximum Gasteiger partial charge on any atom is 0.0597 e. The molecule has 0 fully saturated rings. The molecule has 1 aliphatic carbocycles. The molecule has 146 valence electrons. The number of aliphatic hydroxyl groups is 1. The number of hydrogen-bond donors (Lipinski definition) is 2. The van der Waals surface area contributed by atoms with E-state index in [0.29, 0.717) is 5.92 Å². The summed E-state index contributed by atoms with van der Waals surface area (Å²) >= 11 is 6.20. The number of aliphatic hydroxyl groups excluding tert-OH is 1. The first-order valence-corrected chi connectivity index (χ1v) is 10.7. The lowest BCUT2D eigenvalue weighted by Gasteiger charge is -2.23. The first kappa shape index (κ1) is 18.5. The van der Waals surface area contributed by atoms with E-state index in [4.69, 9.17) is 11.6 Å². The Morgan fingerprint density at radius 1 is 0.862 bits per heavy atom. The zero-order valence-electron chi connectivity index (χ0n) is 16.2. The average molecular weight is 402 g/mol. The predicted octanol–water partition coefficient (Wildman–Crippen LogP) is 6.24. The van der Waals surface area contributed by atoms with Gasteiger partial charge < -0.3 is 10.4 Å². The Morgan fingerprint density at radius 2 is 1.59 bits per heavy atom. The summed E-state index contributed by atoms with van der Waals surface area (Å²) in [5, 5.41) is 14.2. The van der Waals surface area contributed by atoms with Crippen molar-refractivity contribution < 1.29 is 5.11 Å².